The van der Waals surface area contributed by atoms with Crippen molar-refractivity contribution in [3.63, 3.8) is 0 Å². The summed E-state index contributed by atoms with van der Waals surface area (Å²) < 4.78 is 5.02. The highest BCUT2D eigenvalue weighted by molar-refractivity contribution is 6.03. The lowest BCUT2D eigenvalue weighted by atomic mass is 9.82. The molecule has 2 aliphatic rings. The molecule has 0 spiro atoms. The number of fused-ring (bicyclic) bond motifs is 8. The van der Waals surface area contributed by atoms with Crippen LogP contribution in [0.5, 0.6) is 0 Å². The second-order valence-electron chi connectivity index (χ2n) is 22.6. The van der Waals surface area contributed by atoms with Gasteiger partial charge in [-0.1, -0.05) is 185 Å². The van der Waals surface area contributed by atoms with Crippen molar-refractivity contribution in [1.82, 2.24) is 9.13 Å². The van der Waals surface area contributed by atoms with E-state index in [0.29, 0.717) is 0 Å². The molecule has 0 unspecified atom stereocenters. The molecule has 2 aromatic heterocycles. The number of anilines is 6. The van der Waals surface area contributed by atoms with Crippen LogP contribution in [-0.4, -0.2) is 9.13 Å². The van der Waals surface area contributed by atoms with Crippen molar-refractivity contribution in [3.8, 4) is 56.1 Å². The fraction of sp³-hybridized carbons (Fsp3) is 0.0789. The van der Waals surface area contributed by atoms with Crippen molar-refractivity contribution in [3.05, 3.63) is 301 Å². The van der Waals surface area contributed by atoms with Crippen LogP contribution in [-0.2, 0) is 10.8 Å². The largest absolute Gasteiger partial charge is 0.311 e. The lowest BCUT2D eigenvalue weighted by molar-refractivity contribution is 0.659. The summed E-state index contributed by atoms with van der Waals surface area (Å²) >= 11 is 0. The fourth-order valence-electron chi connectivity index (χ4n) is 13.3. The predicted octanol–water partition coefficient (Wildman–Crippen LogP) is 20.5. The van der Waals surface area contributed by atoms with E-state index in [2.05, 4.69) is 326 Å². The highest BCUT2D eigenvalue weighted by atomic mass is 15.1. The van der Waals surface area contributed by atoms with Gasteiger partial charge in [-0.15, -0.1) is 0 Å². The number of benzene rings is 11. The van der Waals surface area contributed by atoms with Gasteiger partial charge in [0.25, 0.3) is 0 Å². The molecule has 4 heteroatoms. The molecule has 2 aliphatic carbocycles. The molecule has 2 heterocycles. The number of rotatable bonds is 10. The second-order valence-corrected chi connectivity index (χ2v) is 22.6. The Morgan fingerprint density at radius 3 is 0.912 bits per heavy atom. The fourth-order valence-corrected chi connectivity index (χ4v) is 13.3. The zero-order chi connectivity index (χ0) is 53.7. The average Bonchev–Trinajstić information content (AvgIpc) is 4.41. The van der Waals surface area contributed by atoms with E-state index in [1.54, 1.807) is 0 Å². The molecule has 0 radical (unpaired) electrons. The molecule has 0 fully saturated rings. The van der Waals surface area contributed by atoms with Gasteiger partial charge in [0.1, 0.15) is 0 Å². The van der Waals surface area contributed by atoms with E-state index >= 15 is 0 Å². The average molecular weight is 1030 g/mol. The molecule has 11 aromatic carbocycles. The maximum absolute atomic E-state index is 2.51. The molecule has 0 atom stereocenters. The Morgan fingerprint density at radius 1 is 0.263 bits per heavy atom. The van der Waals surface area contributed by atoms with Crippen molar-refractivity contribution >= 4 is 55.9 Å². The van der Waals surface area contributed by atoms with Crippen LogP contribution in [0.2, 0.25) is 0 Å². The minimum atomic E-state index is -0.162. The zero-order valence-electron chi connectivity index (χ0n) is 45.3. The number of nitrogens with zero attached hydrogens (tertiary/aromatic N) is 4. The van der Waals surface area contributed by atoms with Crippen LogP contribution in [0.15, 0.2) is 279 Å². The van der Waals surface area contributed by atoms with Gasteiger partial charge < -0.3 is 18.9 Å². The molecule has 80 heavy (non-hydrogen) atoms. The SMILES string of the molecule is CC1(C)c2ccccc2-c2ccc(-n3c(-c4ccc(N(c5ccccc5)c5ccccc5)cc4)cc4cc5c(cc(-c6ccc(N(c7ccccc7)c7ccccc7)cc6)n5-c5ccc6c(c5)C(C)(C)c5ccccc5-6)cc43)cc21. The number of hydrogen-bond acceptors (Lipinski definition) is 2. The first kappa shape index (κ1) is 47.3. The molecular formula is C76H58N4. The minimum absolute atomic E-state index is 0.162. The summed E-state index contributed by atoms with van der Waals surface area (Å²) in [6.45, 7) is 9.50. The predicted molar refractivity (Wildman–Crippen MR) is 335 cm³/mol. The molecule has 0 saturated heterocycles. The van der Waals surface area contributed by atoms with Gasteiger partial charge in [-0.25, -0.2) is 0 Å². The van der Waals surface area contributed by atoms with Gasteiger partial charge in [-0.2, -0.15) is 0 Å². The first-order chi connectivity index (χ1) is 39.2. The van der Waals surface area contributed by atoms with Gasteiger partial charge in [-0.3, -0.25) is 0 Å². The Kier molecular flexibility index (Phi) is 10.9. The second kappa shape index (κ2) is 18.4. The number of aromatic nitrogens is 2. The van der Waals surface area contributed by atoms with Crippen LogP contribution in [0.4, 0.5) is 34.1 Å². The van der Waals surface area contributed by atoms with Gasteiger partial charge in [-0.05, 0) is 177 Å². The topological polar surface area (TPSA) is 16.3 Å². The van der Waals surface area contributed by atoms with Crippen LogP contribution in [0.3, 0.4) is 0 Å². The van der Waals surface area contributed by atoms with Crippen molar-refractivity contribution in [2.24, 2.45) is 0 Å². The summed E-state index contributed by atoms with van der Waals surface area (Å²) in [6, 6.07) is 103. The van der Waals surface area contributed by atoms with Gasteiger partial charge in [0.2, 0.25) is 0 Å². The quantitative estimate of drug-likeness (QED) is 0.136. The van der Waals surface area contributed by atoms with Crippen LogP contribution in [0, 0.1) is 0 Å². The van der Waals surface area contributed by atoms with E-state index in [1.807, 2.05) is 0 Å². The van der Waals surface area contributed by atoms with Gasteiger partial charge >= 0.3 is 0 Å². The summed E-state index contributed by atoms with van der Waals surface area (Å²) in [5, 5.41) is 2.35. The maximum Gasteiger partial charge on any atom is 0.0542 e. The Bertz CT molecular complexity index is 4120. The number of hydrogen-bond donors (Lipinski definition) is 0. The summed E-state index contributed by atoms with van der Waals surface area (Å²) in [5.74, 6) is 0. The summed E-state index contributed by atoms with van der Waals surface area (Å²) in [7, 11) is 0. The smallest absolute Gasteiger partial charge is 0.0542 e. The van der Waals surface area contributed by atoms with E-state index in [9.17, 15) is 0 Å². The van der Waals surface area contributed by atoms with Gasteiger partial charge in [0, 0.05) is 67.1 Å². The third kappa shape index (κ3) is 7.51. The lowest BCUT2D eigenvalue weighted by Crippen LogP contribution is -2.15. The Morgan fingerprint density at radius 2 is 0.562 bits per heavy atom. The molecule has 0 amide bonds. The van der Waals surface area contributed by atoms with Crippen LogP contribution >= 0.6 is 0 Å². The monoisotopic (exact) mass is 1030 g/mol. The zero-order valence-corrected chi connectivity index (χ0v) is 45.3. The summed E-state index contributed by atoms with van der Waals surface area (Å²) in [4.78, 5) is 4.66. The minimum Gasteiger partial charge on any atom is -0.311 e. The molecular weight excluding hydrogens is 969 g/mol. The van der Waals surface area contributed by atoms with E-state index in [4.69, 9.17) is 0 Å². The van der Waals surface area contributed by atoms with Crippen molar-refractivity contribution in [2.75, 3.05) is 9.80 Å². The van der Waals surface area contributed by atoms with Gasteiger partial charge in [0.05, 0.1) is 22.4 Å². The van der Waals surface area contributed by atoms with Crippen molar-refractivity contribution < 1.29 is 0 Å². The molecule has 13 aromatic rings. The third-order valence-corrected chi connectivity index (χ3v) is 17.3. The van der Waals surface area contributed by atoms with E-state index in [-0.39, 0.29) is 10.8 Å². The standard InChI is InChI=1S/C76H58N4/c1-75(2)67-31-19-17-29-63(67)65-43-41-61(49-69(65)75)79-71(51-33-37-59(38-34-51)77(55-21-9-5-10-22-55)56-23-11-6-12-24-56)45-53-48-74-54(47-73(53)79)46-72(80(74)62-42-44-66-64-30-18-20-32-68(64)76(3,4)70(66)50-62)52-35-39-60(40-36-52)78(57-25-13-7-14-26-57)58-27-15-8-16-28-58/h5-50H,1-4H3. The van der Waals surface area contributed by atoms with Crippen LogP contribution in [0.1, 0.15) is 49.9 Å². The van der Waals surface area contributed by atoms with E-state index in [0.717, 1.165) is 79.0 Å². The molecule has 4 nitrogen and oxygen atoms in total. The highest BCUT2D eigenvalue weighted by Gasteiger charge is 2.37. The lowest BCUT2D eigenvalue weighted by Gasteiger charge is -2.25. The molecule has 0 saturated carbocycles. The molecule has 0 aliphatic heterocycles. The molecule has 15 rings (SSSR count). The maximum atomic E-state index is 2.51. The first-order valence-corrected chi connectivity index (χ1v) is 27.9. The van der Waals surface area contributed by atoms with E-state index < -0.39 is 0 Å². The highest BCUT2D eigenvalue weighted by Crippen LogP contribution is 2.52. The Labute approximate surface area is 468 Å². The normalized spacial score (nSPS) is 13.4. The summed E-state index contributed by atoms with van der Waals surface area (Å²) in [6.07, 6.45) is 0. The molecule has 0 bridgehead atoms. The van der Waals surface area contributed by atoms with Crippen molar-refractivity contribution in [2.45, 2.75) is 38.5 Å². The first-order valence-electron chi connectivity index (χ1n) is 27.9. The Hall–Kier alpha value is -9.90. The number of para-hydroxylation sites is 4. The third-order valence-electron chi connectivity index (χ3n) is 17.3. The van der Waals surface area contributed by atoms with Crippen LogP contribution < -0.4 is 9.80 Å². The molecule has 0 N–H and O–H groups in total. The summed E-state index contributed by atoms with van der Waals surface area (Å²) in [5.41, 5.74) is 26.2. The van der Waals surface area contributed by atoms with Crippen molar-refractivity contribution in [1.29, 1.82) is 0 Å². The Balaban J connectivity index is 0.935. The van der Waals surface area contributed by atoms with Crippen LogP contribution in [0.25, 0.3) is 77.9 Å². The molecule has 382 valence electrons. The van der Waals surface area contributed by atoms with E-state index in [1.165, 1.54) is 55.3 Å². The van der Waals surface area contributed by atoms with Gasteiger partial charge in [0.15, 0.2) is 0 Å².